The van der Waals surface area contributed by atoms with E-state index in [-0.39, 0.29) is 17.8 Å². The van der Waals surface area contributed by atoms with Gasteiger partial charge in [-0.2, -0.15) is 0 Å². The molecule has 0 aliphatic rings. The van der Waals surface area contributed by atoms with E-state index in [1.165, 1.54) is 26.4 Å². The van der Waals surface area contributed by atoms with Gasteiger partial charge in [0, 0.05) is 24.6 Å². The summed E-state index contributed by atoms with van der Waals surface area (Å²) in [6.07, 6.45) is 0.260. The molecule has 0 saturated carbocycles. The molecule has 0 atom stereocenters. The first-order valence-electron chi connectivity index (χ1n) is 6.58. The van der Waals surface area contributed by atoms with E-state index in [1.807, 2.05) is 0 Å². The van der Waals surface area contributed by atoms with Crippen molar-refractivity contribution in [3.8, 4) is 11.5 Å². The molecule has 0 bridgehead atoms. The van der Waals surface area contributed by atoms with Gasteiger partial charge in [0.2, 0.25) is 0 Å². The first-order chi connectivity index (χ1) is 10.9. The number of benzene rings is 2. The largest absolute Gasteiger partial charge is 0.497 e. The Morgan fingerprint density at radius 2 is 1.52 bits per heavy atom. The standard InChI is InChI=1S/C15H14N2O6/c1-22-14-4-3-11(15(9-14)23-2)5-10-6-12(16(18)19)8-13(7-10)17(20)21/h3-4,6-9H,5H2,1-2H3. The Morgan fingerprint density at radius 3 is 2.00 bits per heavy atom. The lowest BCUT2D eigenvalue weighted by Crippen LogP contribution is -1.98. The Morgan fingerprint density at radius 1 is 0.913 bits per heavy atom. The van der Waals surface area contributed by atoms with Crippen LogP contribution in [0.15, 0.2) is 36.4 Å². The number of nitro benzene ring substituents is 2. The van der Waals surface area contributed by atoms with Crippen molar-refractivity contribution in [2.24, 2.45) is 0 Å². The normalized spacial score (nSPS) is 10.2. The van der Waals surface area contributed by atoms with Crippen LogP contribution in [-0.2, 0) is 6.42 Å². The van der Waals surface area contributed by atoms with Gasteiger partial charge in [0.05, 0.1) is 30.1 Å². The molecule has 0 aromatic heterocycles. The second kappa shape index (κ2) is 6.73. The fourth-order valence-electron chi connectivity index (χ4n) is 2.19. The van der Waals surface area contributed by atoms with E-state index >= 15 is 0 Å². The van der Waals surface area contributed by atoms with Crippen molar-refractivity contribution >= 4 is 11.4 Å². The summed E-state index contributed by atoms with van der Waals surface area (Å²) in [6, 6.07) is 8.73. The zero-order chi connectivity index (χ0) is 17.0. The van der Waals surface area contributed by atoms with Crippen molar-refractivity contribution in [3.63, 3.8) is 0 Å². The van der Waals surface area contributed by atoms with Crippen LogP contribution in [0.3, 0.4) is 0 Å². The lowest BCUT2D eigenvalue weighted by atomic mass is 10.0. The highest BCUT2D eigenvalue weighted by Crippen LogP contribution is 2.29. The number of ether oxygens (including phenoxy) is 2. The molecule has 0 heterocycles. The molecule has 2 aromatic carbocycles. The second-order valence-corrected chi connectivity index (χ2v) is 4.73. The van der Waals surface area contributed by atoms with E-state index in [2.05, 4.69) is 0 Å². The molecule has 2 aromatic rings. The van der Waals surface area contributed by atoms with Crippen molar-refractivity contribution in [2.75, 3.05) is 14.2 Å². The van der Waals surface area contributed by atoms with Gasteiger partial charge >= 0.3 is 0 Å². The highest BCUT2D eigenvalue weighted by molar-refractivity contribution is 5.50. The Hall–Kier alpha value is -3.16. The van der Waals surface area contributed by atoms with Gasteiger partial charge in [-0.3, -0.25) is 20.2 Å². The van der Waals surface area contributed by atoms with E-state index in [9.17, 15) is 20.2 Å². The average Bonchev–Trinajstić information content (AvgIpc) is 2.54. The number of hydrogen-bond donors (Lipinski definition) is 0. The highest BCUT2D eigenvalue weighted by Gasteiger charge is 2.17. The summed E-state index contributed by atoms with van der Waals surface area (Å²) >= 11 is 0. The molecule has 23 heavy (non-hydrogen) atoms. The molecule has 0 unspecified atom stereocenters. The third-order valence-electron chi connectivity index (χ3n) is 3.27. The Kier molecular flexibility index (Phi) is 4.75. The summed E-state index contributed by atoms with van der Waals surface area (Å²) < 4.78 is 10.4. The molecule has 120 valence electrons. The summed E-state index contributed by atoms with van der Waals surface area (Å²) in [4.78, 5) is 20.6. The molecule has 0 N–H and O–H groups in total. The van der Waals surface area contributed by atoms with Gasteiger partial charge in [-0.05, 0) is 17.2 Å². The molecule has 8 nitrogen and oxygen atoms in total. The van der Waals surface area contributed by atoms with Crippen LogP contribution in [0, 0.1) is 20.2 Å². The van der Waals surface area contributed by atoms with Crippen LogP contribution in [0.25, 0.3) is 0 Å². The van der Waals surface area contributed by atoms with Crippen molar-refractivity contribution in [2.45, 2.75) is 6.42 Å². The maximum absolute atomic E-state index is 10.9. The summed E-state index contributed by atoms with van der Waals surface area (Å²) in [6.45, 7) is 0. The van der Waals surface area contributed by atoms with Crippen LogP contribution < -0.4 is 9.47 Å². The molecule has 0 spiro atoms. The van der Waals surface area contributed by atoms with Crippen molar-refractivity contribution in [1.29, 1.82) is 0 Å². The monoisotopic (exact) mass is 318 g/mol. The molecular formula is C15H14N2O6. The molecule has 0 fully saturated rings. The maximum atomic E-state index is 10.9. The number of nitrogens with zero attached hydrogens (tertiary/aromatic N) is 2. The topological polar surface area (TPSA) is 105 Å². The van der Waals surface area contributed by atoms with Gasteiger partial charge in [0.25, 0.3) is 11.4 Å². The predicted molar refractivity (Wildman–Crippen MR) is 82.1 cm³/mol. The smallest absolute Gasteiger partial charge is 0.276 e. The minimum atomic E-state index is -0.651. The first kappa shape index (κ1) is 16.2. The van der Waals surface area contributed by atoms with E-state index in [0.29, 0.717) is 17.1 Å². The van der Waals surface area contributed by atoms with Crippen LogP contribution in [0.1, 0.15) is 11.1 Å². The minimum Gasteiger partial charge on any atom is -0.497 e. The zero-order valence-corrected chi connectivity index (χ0v) is 12.5. The second-order valence-electron chi connectivity index (χ2n) is 4.73. The third kappa shape index (κ3) is 3.73. The summed E-state index contributed by atoms with van der Waals surface area (Å²) in [5, 5.41) is 21.9. The summed E-state index contributed by atoms with van der Waals surface area (Å²) in [7, 11) is 3.02. The van der Waals surface area contributed by atoms with Crippen LogP contribution in [0.5, 0.6) is 11.5 Å². The molecule has 0 aliphatic carbocycles. The molecule has 8 heteroatoms. The molecular weight excluding hydrogens is 304 g/mol. The molecule has 0 radical (unpaired) electrons. The molecule has 0 aliphatic heterocycles. The Labute approximate surface area is 131 Å². The molecule has 0 saturated heterocycles. The van der Waals surface area contributed by atoms with Gasteiger partial charge in [-0.25, -0.2) is 0 Å². The number of non-ortho nitro benzene ring substituents is 2. The van der Waals surface area contributed by atoms with Gasteiger partial charge in [0.1, 0.15) is 11.5 Å². The molecule has 2 rings (SSSR count). The van der Waals surface area contributed by atoms with Crippen molar-refractivity contribution < 1.29 is 19.3 Å². The lowest BCUT2D eigenvalue weighted by molar-refractivity contribution is -0.394. The van der Waals surface area contributed by atoms with Gasteiger partial charge in [-0.1, -0.05) is 6.07 Å². The quantitative estimate of drug-likeness (QED) is 0.598. The van der Waals surface area contributed by atoms with Crippen LogP contribution in [0.4, 0.5) is 11.4 Å². The van der Waals surface area contributed by atoms with Crippen molar-refractivity contribution in [3.05, 3.63) is 67.8 Å². The van der Waals surface area contributed by atoms with E-state index in [4.69, 9.17) is 9.47 Å². The SMILES string of the molecule is COc1ccc(Cc2cc([N+](=O)[O-])cc([N+](=O)[O-])c2)c(OC)c1. The third-order valence-corrected chi connectivity index (χ3v) is 3.27. The number of nitro groups is 2. The number of methoxy groups -OCH3 is 2. The minimum absolute atomic E-state index is 0.260. The van der Waals surface area contributed by atoms with Crippen LogP contribution in [0.2, 0.25) is 0 Å². The van der Waals surface area contributed by atoms with Crippen LogP contribution in [-0.4, -0.2) is 24.1 Å². The summed E-state index contributed by atoms with van der Waals surface area (Å²) in [5.41, 5.74) is 0.556. The average molecular weight is 318 g/mol. The summed E-state index contributed by atoms with van der Waals surface area (Å²) in [5.74, 6) is 1.15. The van der Waals surface area contributed by atoms with Crippen molar-refractivity contribution in [1.82, 2.24) is 0 Å². The maximum Gasteiger partial charge on any atom is 0.276 e. The lowest BCUT2D eigenvalue weighted by Gasteiger charge is -2.10. The van der Waals surface area contributed by atoms with E-state index in [1.54, 1.807) is 18.2 Å². The fraction of sp³-hybridized carbons (Fsp3) is 0.200. The van der Waals surface area contributed by atoms with Gasteiger partial charge in [0.15, 0.2) is 0 Å². The van der Waals surface area contributed by atoms with Gasteiger partial charge in [-0.15, -0.1) is 0 Å². The Balaban J connectivity index is 2.43. The molecule has 0 amide bonds. The van der Waals surface area contributed by atoms with Gasteiger partial charge < -0.3 is 9.47 Å². The van der Waals surface area contributed by atoms with Crippen LogP contribution >= 0.6 is 0 Å². The van der Waals surface area contributed by atoms with E-state index < -0.39 is 9.85 Å². The van der Waals surface area contributed by atoms with E-state index in [0.717, 1.165) is 11.6 Å². The number of hydrogen-bond acceptors (Lipinski definition) is 6. The zero-order valence-electron chi connectivity index (χ0n) is 12.5. The first-order valence-corrected chi connectivity index (χ1v) is 6.58. The highest BCUT2D eigenvalue weighted by atomic mass is 16.6. The Bertz CT molecular complexity index is 727. The fourth-order valence-corrected chi connectivity index (χ4v) is 2.19. The number of rotatable bonds is 6. The predicted octanol–water partition coefficient (Wildman–Crippen LogP) is 3.11.